The average molecular weight is 958 g/mol. The molecule has 0 amide bonds. The van der Waals surface area contributed by atoms with E-state index in [-0.39, 0.29) is 0 Å². The molecule has 0 aliphatic carbocycles. The molecule has 0 radical (unpaired) electrons. The predicted octanol–water partition coefficient (Wildman–Crippen LogP) is 18.4. The van der Waals surface area contributed by atoms with E-state index < -0.39 is 0 Å². The molecule has 3 heterocycles. The number of pyridine rings is 1. The van der Waals surface area contributed by atoms with Crippen molar-refractivity contribution in [3.05, 3.63) is 280 Å². The van der Waals surface area contributed by atoms with Crippen molar-refractivity contribution >= 4 is 44.6 Å². The van der Waals surface area contributed by atoms with E-state index in [1.165, 1.54) is 0 Å². The van der Waals surface area contributed by atoms with Crippen molar-refractivity contribution in [1.82, 2.24) is 19.9 Å². The summed E-state index contributed by atoms with van der Waals surface area (Å²) in [6.07, 6.45) is 5.39. The standard InChI is InChI=1S/C70H47N5/c1-3-26-46(4-2)68-72-69(52-37-21-10-22-38-52)74-70(73-68)75-58-44-43-53(45-56(58)67-66-55(40-25-42-59(66)75)54-39-23-24-41-57(54)71-67)65-63(50-33-17-8-18-34-50)61(48-29-13-6-14-30-48)60(47-27-11-5-12-28-47)62(49-31-15-7-16-32-49)64(65)51-35-19-9-20-36-51/h3-45H,1-2H2/b46-26+. The van der Waals surface area contributed by atoms with E-state index in [1.54, 1.807) is 12.2 Å². The number of hydrogen-bond acceptors (Lipinski definition) is 5. The third kappa shape index (κ3) is 7.82. The van der Waals surface area contributed by atoms with Gasteiger partial charge in [0.1, 0.15) is 0 Å². The second-order valence-electron chi connectivity index (χ2n) is 18.5. The van der Waals surface area contributed by atoms with E-state index in [4.69, 9.17) is 19.9 Å². The molecule has 10 aromatic carbocycles. The molecule has 12 aromatic rings. The fourth-order valence-electron chi connectivity index (χ4n) is 11.0. The highest BCUT2D eigenvalue weighted by Crippen LogP contribution is 2.58. The summed E-state index contributed by atoms with van der Waals surface area (Å²) in [5.74, 6) is 1.50. The number of fused-ring (bicyclic) bond motifs is 4. The van der Waals surface area contributed by atoms with Crippen molar-refractivity contribution in [1.29, 1.82) is 0 Å². The van der Waals surface area contributed by atoms with Crippen LogP contribution < -0.4 is 4.90 Å². The zero-order chi connectivity index (χ0) is 50.2. The van der Waals surface area contributed by atoms with Gasteiger partial charge in [-0.1, -0.05) is 250 Å². The molecular weight excluding hydrogens is 911 g/mol. The van der Waals surface area contributed by atoms with Crippen LogP contribution in [-0.2, 0) is 0 Å². The van der Waals surface area contributed by atoms with Crippen LogP contribution in [0, 0.1) is 0 Å². The van der Waals surface area contributed by atoms with Crippen LogP contribution in [0.25, 0.3) is 117 Å². The molecule has 0 unspecified atom stereocenters. The number of rotatable bonds is 11. The molecule has 0 atom stereocenters. The van der Waals surface area contributed by atoms with Gasteiger partial charge in [0, 0.05) is 27.5 Å². The van der Waals surface area contributed by atoms with Gasteiger partial charge >= 0.3 is 0 Å². The van der Waals surface area contributed by atoms with Crippen LogP contribution in [0.3, 0.4) is 0 Å². The molecule has 0 N–H and O–H groups in total. The maximum absolute atomic E-state index is 5.62. The fourth-order valence-corrected chi connectivity index (χ4v) is 11.0. The SMILES string of the molecule is C=C/C=C(\C=C)c1nc(-c2ccccc2)nc(N2c3ccc(-c4c(-c5ccccc5)c(-c5ccccc5)c(-c5ccccc5)c(-c5ccccc5)c4-c4ccccc4)cc3-c3nc4ccccc4c4cccc2c34)n1. The average Bonchev–Trinajstić information content (AvgIpc) is 3.54. The van der Waals surface area contributed by atoms with Gasteiger partial charge in [0.25, 0.3) is 0 Å². The number of para-hydroxylation sites is 1. The van der Waals surface area contributed by atoms with Crippen molar-refractivity contribution in [2.45, 2.75) is 0 Å². The summed E-state index contributed by atoms with van der Waals surface area (Å²) in [6, 6.07) is 86.3. The van der Waals surface area contributed by atoms with Crippen molar-refractivity contribution in [3.8, 4) is 89.4 Å². The lowest BCUT2D eigenvalue weighted by atomic mass is 9.74. The smallest absolute Gasteiger partial charge is 0.238 e. The zero-order valence-corrected chi connectivity index (χ0v) is 41.0. The summed E-state index contributed by atoms with van der Waals surface area (Å²) in [5.41, 5.74) is 19.6. The maximum atomic E-state index is 5.62. The Bertz CT molecular complexity index is 4070. The van der Waals surface area contributed by atoms with Gasteiger partial charge in [0.05, 0.1) is 22.6 Å². The molecule has 0 saturated heterocycles. The summed E-state index contributed by atoms with van der Waals surface area (Å²) in [7, 11) is 0. The maximum Gasteiger partial charge on any atom is 0.238 e. The summed E-state index contributed by atoms with van der Waals surface area (Å²) < 4.78 is 0. The van der Waals surface area contributed by atoms with E-state index in [0.29, 0.717) is 17.6 Å². The monoisotopic (exact) mass is 957 g/mol. The summed E-state index contributed by atoms with van der Waals surface area (Å²) in [4.78, 5) is 23.5. The van der Waals surface area contributed by atoms with Gasteiger partial charge in [0.15, 0.2) is 11.6 Å². The molecule has 0 fully saturated rings. The van der Waals surface area contributed by atoms with Gasteiger partial charge in [-0.25, -0.2) is 9.97 Å². The Hall–Kier alpha value is -10.1. The van der Waals surface area contributed by atoms with Crippen molar-refractivity contribution in [3.63, 3.8) is 0 Å². The number of nitrogens with zero attached hydrogens (tertiary/aromatic N) is 5. The number of allylic oxidation sites excluding steroid dienone is 4. The van der Waals surface area contributed by atoms with E-state index in [1.807, 2.05) is 36.4 Å². The molecule has 0 spiro atoms. The highest BCUT2D eigenvalue weighted by Gasteiger charge is 2.34. The molecule has 5 nitrogen and oxygen atoms in total. The highest BCUT2D eigenvalue weighted by molar-refractivity contribution is 6.21. The van der Waals surface area contributed by atoms with Crippen LogP contribution in [0.5, 0.6) is 0 Å². The van der Waals surface area contributed by atoms with Crippen molar-refractivity contribution < 1.29 is 0 Å². The minimum absolute atomic E-state index is 0.468. The first-order chi connectivity index (χ1) is 37.2. The van der Waals surface area contributed by atoms with Crippen LogP contribution >= 0.6 is 0 Å². The molecule has 2 aromatic heterocycles. The van der Waals surface area contributed by atoms with Gasteiger partial charge in [-0.05, 0) is 96.4 Å². The van der Waals surface area contributed by atoms with E-state index in [0.717, 1.165) is 122 Å². The largest absolute Gasteiger partial charge is 0.278 e. The predicted molar refractivity (Wildman–Crippen MR) is 313 cm³/mol. The lowest BCUT2D eigenvalue weighted by Gasteiger charge is -2.33. The second-order valence-corrected chi connectivity index (χ2v) is 18.5. The van der Waals surface area contributed by atoms with E-state index in [9.17, 15) is 0 Å². The zero-order valence-electron chi connectivity index (χ0n) is 41.0. The van der Waals surface area contributed by atoms with E-state index in [2.05, 4.69) is 230 Å². The van der Waals surface area contributed by atoms with Crippen LogP contribution in [-0.4, -0.2) is 19.9 Å². The molecule has 5 heteroatoms. The van der Waals surface area contributed by atoms with Crippen LogP contribution in [0.4, 0.5) is 17.3 Å². The Morgan fingerprint density at radius 2 is 0.827 bits per heavy atom. The van der Waals surface area contributed by atoms with Crippen LogP contribution in [0.1, 0.15) is 5.82 Å². The van der Waals surface area contributed by atoms with Crippen LogP contribution in [0.2, 0.25) is 0 Å². The lowest BCUT2D eigenvalue weighted by Crippen LogP contribution is -2.19. The molecule has 352 valence electrons. The normalized spacial score (nSPS) is 11.9. The quantitative estimate of drug-likeness (QED) is 0.0955. The molecular formula is C70H47N5. The fraction of sp³-hybridized carbons (Fsp3) is 0. The Kier molecular flexibility index (Phi) is 11.4. The molecule has 0 saturated carbocycles. The third-order valence-corrected chi connectivity index (χ3v) is 14.2. The Morgan fingerprint density at radius 3 is 1.32 bits per heavy atom. The molecule has 1 aliphatic heterocycles. The van der Waals surface area contributed by atoms with Crippen molar-refractivity contribution in [2.24, 2.45) is 0 Å². The first-order valence-electron chi connectivity index (χ1n) is 25.2. The van der Waals surface area contributed by atoms with Gasteiger partial charge in [0.2, 0.25) is 5.95 Å². The first-order valence-corrected chi connectivity index (χ1v) is 25.2. The summed E-state index contributed by atoms with van der Waals surface area (Å²) >= 11 is 0. The molecule has 1 aliphatic rings. The minimum Gasteiger partial charge on any atom is -0.278 e. The first kappa shape index (κ1) is 44.8. The third-order valence-electron chi connectivity index (χ3n) is 14.2. The molecule has 0 bridgehead atoms. The van der Waals surface area contributed by atoms with Crippen LogP contribution in [0.15, 0.2) is 274 Å². The lowest BCUT2D eigenvalue weighted by molar-refractivity contribution is 0.995. The Labute approximate surface area is 436 Å². The number of benzene rings is 10. The molecule has 75 heavy (non-hydrogen) atoms. The number of anilines is 3. The van der Waals surface area contributed by atoms with Gasteiger partial charge in [-0.3, -0.25) is 4.90 Å². The Morgan fingerprint density at radius 1 is 0.373 bits per heavy atom. The number of aromatic nitrogens is 4. The van der Waals surface area contributed by atoms with Gasteiger partial charge in [-0.15, -0.1) is 0 Å². The Balaban J connectivity index is 1.20. The minimum atomic E-state index is 0.468. The molecule has 13 rings (SSSR count). The van der Waals surface area contributed by atoms with Gasteiger partial charge in [-0.2, -0.15) is 9.97 Å². The number of hydrogen-bond donors (Lipinski definition) is 0. The topological polar surface area (TPSA) is 54.8 Å². The highest BCUT2D eigenvalue weighted by atomic mass is 15.3. The second kappa shape index (κ2) is 19.1. The van der Waals surface area contributed by atoms with E-state index >= 15 is 0 Å². The van der Waals surface area contributed by atoms with Gasteiger partial charge < -0.3 is 0 Å². The summed E-state index contributed by atoms with van der Waals surface area (Å²) in [5, 5.41) is 3.16. The summed E-state index contributed by atoms with van der Waals surface area (Å²) in [6.45, 7) is 8.17. The van der Waals surface area contributed by atoms with Crippen molar-refractivity contribution in [2.75, 3.05) is 4.90 Å².